The minimum Gasteiger partial charge on any atom is -0.316 e. The Balaban J connectivity index is 1.64. The largest absolute Gasteiger partial charge is 0.316 e. The third-order valence-electron chi connectivity index (χ3n) is 10.7. The zero-order valence-corrected chi connectivity index (χ0v) is 21.9. The molecule has 4 rings (SSSR count). The fourth-order valence-electron chi connectivity index (χ4n) is 8.90. The third kappa shape index (κ3) is 6.12. The lowest BCUT2D eigenvalue weighted by Gasteiger charge is -2.47. The second kappa shape index (κ2) is 12.1. The van der Waals surface area contributed by atoms with E-state index in [1.165, 1.54) is 103 Å². The highest BCUT2D eigenvalue weighted by Crippen LogP contribution is 2.49. The Kier molecular flexibility index (Phi) is 9.43. The normalized spacial score (nSPS) is 43.4. The fourth-order valence-corrected chi connectivity index (χ4v) is 8.90. The van der Waals surface area contributed by atoms with Crippen molar-refractivity contribution in [3.8, 4) is 0 Å². The van der Waals surface area contributed by atoms with Crippen molar-refractivity contribution in [3.05, 3.63) is 0 Å². The van der Waals surface area contributed by atoms with Crippen molar-refractivity contribution in [2.45, 2.75) is 155 Å². The SMILES string of the molecule is CC1C2CCCCCCCC3CC(CC3CCCCC2)C2CCC(N)N(C(C)C)C1CC2. The van der Waals surface area contributed by atoms with E-state index in [-0.39, 0.29) is 6.17 Å². The second-order valence-electron chi connectivity index (χ2n) is 12.9. The number of hydrogen-bond donors (Lipinski definition) is 1. The van der Waals surface area contributed by atoms with E-state index in [4.69, 9.17) is 5.73 Å². The maximum atomic E-state index is 6.99. The van der Waals surface area contributed by atoms with Gasteiger partial charge in [0.05, 0.1) is 6.17 Å². The van der Waals surface area contributed by atoms with Crippen molar-refractivity contribution < 1.29 is 0 Å². The van der Waals surface area contributed by atoms with E-state index in [1.54, 1.807) is 12.8 Å². The molecule has 0 aromatic carbocycles. The van der Waals surface area contributed by atoms with Crippen LogP contribution < -0.4 is 5.73 Å². The highest BCUT2D eigenvalue weighted by Gasteiger charge is 2.41. The van der Waals surface area contributed by atoms with Crippen LogP contribution in [-0.2, 0) is 0 Å². The van der Waals surface area contributed by atoms with Crippen molar-refractivity contribution in [1.29, 1.82) is 0 Å². The summed E-state index contributed by atoms with van der Waals surface area (Å²) in [7, 11) is 0. The van der Waals surface area contributed by atoms with Crippen LogP contribution in [0.25, 0.3) is 0 Å². The smallest absolute Gasteiger partial charge is 0.0576 e. The number of rotatable bonds is 1. The Hall–Kier alpha value is -0.0800. The molecule has 186 valence electrons. The van der Waals surface area contributed by atoms with Gasteiger partial charge < -0.3 is 5.73 Å². The molecule has 5 bridgehead atoms. The molecule has 4 aliphatic rings. The predicted octanol–water partition coefficient (Wildman–Crippen LogP) is 8.14. The number of hydrogen-bond acceptors (Lipinski definition) is 2. The average Bonchev–Trinajstić information content (AvgIpc) is 3.14. The van der Waals surface area contributed by atoms with E-state index in [1.807, 2.05) is 0 Å². The van der Waals surface area contributed by atoms with Gasteiger partial charge in [-0.3, -0.25) is 4.90 Å². The molecule has 32 heavy (non-hydrogen) atoms. The average molecular weight is 445 g/mol. The first-order valence-corrected chi connectivity index (χ1v) is 15.1. The molecule has 1 heterocycles. The molecule has 3 saturated carbocycles. The topological polar surface area (TPSA) is 29.3 Å². The summed E-state index contributed by atoms with van der Waals surface area (Å²) >= 11 is 0. The molecule has 0 amide bonds. The van der Waals surface area contributed by atoms with Crippen molar-refractivity contribution in [3.63, 3.8) is 0 Å². The third-order valence-corrected chi connectivity index (χ3v) is 10.7. The summed E-state index contributed by atoms with van der Waals surface area (Å²) in [5.41, 5.74) is 6.99. The standard InChI is InChI=1S/C30H56N2/c1-22(2)32-29-18-16-25(17-19-30(32)31)28-20-26-14-9-6-4-5-8-12-24(23(29)3)13-10-7-11-15-27(26)21-28/h22-30H,4-21,31H2,1-3H3. The van der Waals surface area contributed by atoms with Gasteiger partial charge in [-0.25, -0.2) is 0 Å². The lowest BCUT2D eigenvalue weighted by Crippen LogP contribution is -2.56. The Bertz CT molecular complexity index is 545. The molecule has 2 nitrogen and oxygen atoms in total. The zero-order chi connectivity index (χ0) is 22.5. The van der Waals surface area contributed by atoms with Crippen molar-refractivity contribution in [1.82, 2.24) is 4.90 Å². The van der Waals surface area contributed by atoms with Gasteiger partial charge in [0.15, 0.2) is 0 Å². The highest BCUT2D eigenvalue weighted by molar-refractivity contribution is 4.93. The first-order valence-electron chi connectivity index (χ1n) is 15.1. The van der Waals surface area contributed by atoms with Gasteiger partial charge in [-0.15, -0.1) is 0 Å². The van der Waals surface area contributed by atoms with Crippen LogP contribution in [0.15, 0.2) is 0 Å². The first kappa shape index (κ1) is 25.0. The minimum absolute atomic E-state index is 0.269. The molecule has 2 N–H and O–H groups in total. The van der Waals surface area contributed by atoms with Crippen LogP contribution in [0.2, 0.25) is 0 Å². The van der Waals surface area contributed by atoms with E-state index >= 15 is 0 Å². The van der Waals surface area contributed by atoms with Gasteiger partial charge in [-0.2, -0.15) is 0 Å². The van der Waals surface area contributed by atoms with E-state index in [0.717, 1.165) is 35.5 Å². The molecule has 0 radical (unpaired) electrons. The summed E-state index contributed by atoms with van der Waals surface area (Å²) < 4.78 is 0. The molecule has 8 unspecified atom stereocenters. The summed E-state index contributed by atoms with van der Waals surface area (Å²) in [5, 5.41) is 0. The Labute approximate surface area is 200 Å². The van der Waals surface area contributed by atoms with Crippen LogP contribution in [0.4, 0.5) is 0 Å². The fraction of sp³-hybridized carbons (Fsp3) is 1.00. The lowest BCUT2D eigenvalue weighted by molar-refractivity contribution is 0.0123. The van der Waals surface area contributed by atoms with Gasteiger partial charge in [-0.1, -0.05) is 84.0 Å². The van der Waals surface area contributed by atoms with E-state index in [0.29, 0.717) is 12.1 Å². The molecule has 3 aliphatic carbocycles. The van der Waals surface area contributed by atoms with Gasteiger partial charge in [0.2, 0.25) is 0 Å². The Morgan fingerprint density at radius 3 is 1.66 bits per heavy atom. The number of likely N-dealkylation sites (tertiary alicyclic amines) is 1. The summed E-state index contributed by atoms with van der Waals surface area (Å²) in [5.74, 6) is 5.75. The second-order valence-corrected chi connectivity index (χ2v) is 12.9. The van der Waals surface area contributed by atoms with Gasteiger partial charge >= 0.3 is 0 Å². The highest BCUT2D eigenvalue weighted by atomic mass is 15.3. The maximum absolute atomic E-state index is 6.99. The lowest BCUT2D eigenvalue weighted by atomic mass is 9.74. The van der Waals surface area contributed by atoms with Crippen LogP contribution in [0.5, 0.6) is 0 Å². The van der Waals surface area contributed by atoms with Crippen LogP contribution in [-0.4, -0.2) is 23.1 Å². The predicted molar refractivity (Wildman–Crippen MR) is 138 cm³/mol. The van der Waals surface area contributed by atoms with Gasteiger partial charge in [0.25, 0.3) is 0 Å². The van der Waals surface area contributed by atoms with Crippen molar-refractivity contribution in [2.24, 2.45) is 41.2 Å². The van der Waals surface area contributed by atoms with E-state index < -0.39 is 0 Å². The molecule has 1 saturated heterocycles. The molecular weight excluding hydrogens is 388 g/mol. The van der Waals surface area contributed by atoms with Crippen LogP contribution in [0, 0.1) is 35.5 Å². The van der Waals surface area contributed by atoms with E-state index in [9.17, 15) is 0 Å². The maximum Gasteiger partial charge on any atom is 0.0576 e. The van der Waals surface area contributed by atoms with Crippen LogP contribution in [0.1, 0.15) is 136 Å². The summed E-state index contributed by atoms with van der Waals surface area (Å²) in [4.78, 5) is 2.78. The Morgan fingerprint density at radius 1 is 0.562 bits per heavy atom. The summed E-state index contributed by atoms with van der Waals surface area (Å²) in [6.07, 6.45) is 26.8. The molecule has 1 aliphatic heterocycles. The molecule has 8 atom stereocenters. The number of fused-ring (bicyclic) bond motifs is 10. The molecule has 0 aromatic heterocycles. The number of nitrogens with zero attached hydrogens (tertiary/aromatic N) is 1. The van der Waals surface area contributed by atoms with Crippen LogP contribution >= 0.6 is 0 Å². The quantitative estimate of drug-likeness (QED) is 0.442. The first-order chi connectivity index (χ1) is 15.5. The summed E-state index contributed by atoms with van der Waals surface area (Å²) in [6, 6.07) is 1.26. The zero-order valence-electron chi connectivity index (χ0n) is 21.9. The molecule has 2 heteroatoms. The summed E-state index contributed by atoms with van der Waals surface area (Å²) in [6.45, 7) is 7.44. The monoisotopic (exact) mass is 444 g/mol. The molecule has 0 aromatic rings. The number of nitrogens with two attached hydrogens (primary N) is 1. The van der Waals surface area contributed by atoms with E-state index in [2.05, 4.69) is 25.7 Å². The van der Waals surface area contributed by atoms with Crippen molar-refractivity contribution in [2.75, 3.05) is 0 Å². The minimum atomic E-state index is 0.269. The molecular formula is C30H56N2. The molecule has 4 fully saturated rings. The van der Waals surface area contributed by atoms with Crippen molar-refractivity contribution >= 4 is 0 Å². The van der Waals surface area contributed by atoms with Gasteiger partial charge in [0, 0.05) is 12.1 Å². The van der Waals surface area contributed by atoms with Gasteiger partial charge in [0.1, 0.15) is 0 Å². The van der Waals surface area contributed by atoms with Crippen LogP contribution in [0.3, 0.4) is 0 Å². The Morgan fingerprint density at radius 2 is 1.06 bits per heavy atom. The molecule has 0 spiro atoms. The van der Waals surface area contributed by atoms with Gasteiger partial charge in [-0.05, 0) is 87.9 Å².